The van der Waals surface area contributed by atoms with Gasteiger partial charge in [-0.15, -0.1) is 0 Å². The average molecular weight is 306 g/mol. The summed E-state index contributed by atoms with van der Waals surface area (Å²) in [6.07, 6.45) is 4.88. The topological polar surface area (TPSA) is 48.7 Å². The molecular weight excluding hydrogens is 282 g/mol. The predicted octanol–water partition coefficient (Wildman–Crippen LogP) is 3.78. The lowest BCUT2D eigenvalue weighted by Crippen LogP contribution is -2.38. The van der Waals surface area contributed by atoms with E-state index < -0.39 is 0 Å². The van der Waals surface area contributed by atoms with Crippen molar-refractivity contribution in [1.82, 2.24) is 10.3 Å². The molecule has 1 aliphatic heterocycles. The number of aromatic nitrogens is 1. The van der Waals surface area contributed by atoms with E-state index in [1.54, 1.807) is 0 Å². The van der Waals surface area contributed by atoms with Crippen LogP contribution < -0.4 is 5.32 Å². The van der Waals surface area contributed by atoms with Crippen LogP contribution in [0, 0.1) is 24.2 Å². The number of nitriles is 1. The number of halogens is 1. The third kappa shape index (κ3) is 3.56. The quantitative estimate of drug-likeness (QED) is 0.793. The van der Waals surface area contributed by atoms with Crippen LogP contribution in [0.1, 0.15) is 50.1 Å². The molecule has 21 heavy (non-hydrogen) atoms. The van der Waals surface area contributed by atoms with E-state index in [0.29, 0.717) is 5.41 Å². The number of hydrogen-bond acceptors (Lipinski definition) is 3. The fourth-order valence-electron chi connectivity index (χ4n) is 3.15. The van der Waals surface area contributed by atoms with Gasteiger partial charge in [0.2, 0.25) is 0 Å². The first-order chi connectivity index (χ1) is 9.98. The molecule has 1 aromatic heterocycles. The highest BCUT2D eigenvalue weighted by Gasteiger charge is 2.41. The van der Waals surface area contributed by atoms with Gasteiger partial charge in [0, 0.05) is 11.3 Å². The molecule has 1 spiro atoms. The number of piperidine rings is 1. The summed E-state index contributed by atoms with van der Waals surface area (Å²) in [7, 11) is 0. The van der Waals surface area contributed by atoms with Crippen molar-refractivity contribution < 1.29 is 0 Å². The lowest BCUT2D eigenvalue weighted by molar-refractivity contribution is 0.300. The second-order valence-corrected chi connectivity index (χ2v) is 6.78. The Labute approximate surface area is 132 Å². The highest BCUT2D eigenvalue weighted by atomic mass is 35.5. The predicted molar refractivity (Wildman–Crippen MR) is 86.5 cm³/mol. The zero-order valence-corrected chi connectivity index (χ0v) is 13.9. The Bertz CT molecular complexity index is 540. The Balaban J connectivity index is 0.000000282. The number of fused-ring (bicyclic) bond motifs is 2. The summed E-state index contributed by atoms with van der Waals surface area (Å²) in [5.74, 6) is 0.190. The Morgan fingerprint density at radius 3 is 2.52 bits per heavy atom. The first-order valence-electron chi connectivity index (χ1n) is 7.75. The molecule has 0 amide bonds. The largest absolute Gasteiger partial charge is 0.317 e. The summed E-state index contributed by atoms with van der Waals surface area (Å²) >= 11 is 6.14. The number of nitrogens with one attached hydrogen (secondary N) is 1. The minimum Gasteiger partial charge on any atom is -0.317 e. The number of rotatable bonds is 0. The van der Waals surface area contributed by atoms with Crippen LogP contribution in [-0.4, -0.2) is 18.1 Å². The molecule has 3 rings (SSSR count). The van der Waals surface area contributed by atoms with Crippen LogP contribution in [0.4, 0.5) is 0 Å². The molecule has 2 heterocycles. The SMILES string of the molecule is CC(C)C#N.Cc1nc2c(cc1Cl)CCC21CCNCC1. The van der Waals surface area contributed by atoms with Gasteiger partial charge in [0.25, 0.3) is 0 Å². The number of nitrogens with zero attached hydrogens (tertiary/aromatic N) is 2. The summed E-state index contributed by atoms with van der Waals surface area (Å²) in [6.45, 7) is 7.99. The lowest BCUT2D eigenvalue weighted by Gasteiger charge is -2.34. The lowest BCUT2D eigenvalue weighted by atomic mass is 9.76. The zero-order chi connectivity index (χ0) is 15.5. The van der Waals surface area contributed by atoms with Gasteiger partial charge in [0.15, 0.2) is 0 Å². The molecule has 0 unspecified atom stereocenters. The van der Waals surface area contributed by atoms with E-state index in [0.717, 1.165) is 30.2 Å². The molecule has 0 saturated carbocycles. The van der Waals surface area contributed by atoms with E-state index >= 15 is 0 Å². The molecule has 1 saturated heterocycles. The Morgan fingerprint density at radius 2 is 1.95 bits per heavy atom. The van der Waals surface area contributed by atoms with Gasteiger partial charge in [-0.25, -0.2) is 0 Å². The van der Waals surface area contributed by atoms with Crippen LogP contribution in [0.2, 0.25) is 5.02 Å². The molecule has 4 heteroatoms. The molecule has 114 valence electrons. The van der Waals surface area contributed by atoms with E-state index in [1.807, 2.05) is 26.8 Å². The van der Waals surface area contributed by atoms with Gasteiger partial charge in [-0.2, -0.15) is 5.26 Å². The van der Waals surface area contributed by atoms with Crippen LogP contribution in [0.25, 0.3) is 0 Å². The van der Waals surface area contributed by atoms with Gasteiger partial charge in [-0.3, -0.25) is 4.98 Å². The number of aryl methyl sites for hydroxylation is 2. The third-order valence-corrected chi connectivity index (χ3v) is 4.81. The van der Waals surface area contributed by atoms with E-state index in [-0.39, 0.29) is 5.92 Å². The van der Waals surface area contributed by atoms with Crippen molar-refractivity contribution in [1.29, 1.82) is 5.26 Å². The first kappa shape index (κ1) is 16.3. The highest BCUT2D eigenvalue weighted by molar-refractivity contribution is 6.31. The highest BCUT2D eigenvalue weighted by Crippen LogP contribution is 2.44. The molecular formula is C17H24ClN3. The van der Waals surface area contributed by atoms with Gasteiger partial charge in [-0.1, -0.05) is 11.6 Å². The van der Waals surface area contributed by atoms with Gasteiger partial charge in [0.05, 0.1) is 22.5 Å². The Morgan fingerprint density at radius 1 is 1.33 bits per heavy atom. The summed E-state index contributed by atoms with van der Waals surface area (Å²) in [5.41, 5.74) is 4.07. The average Bonchev–Trinajstić information content (AvgIpc) is 2.79. The summed E-state index contributed by atoms with van der Waals surface area (Å²) < 4.78 is 0. The van der Waals surface area contributed by atoms with Crippen LogP contribution in [0.15, 0.2) is 6.07 Å². The summed E-state index contributed by atoms with van der Waals surface area (Å²) in [5, 5.41) is 12.2. The van der Waals surface area contributed by atoms with E-state index in [4.69, 9.17) is 21.8 Å². The van der Waals surface area contributed by atoms with Crippen LogP contribution in [-0.2, 0) is 11.8 Å². The Hall–Kier alpha value is -1.11. The fraction of sp³-hybridized carbons (Fsp3) is 0.647. The molecule has 1 N–H and O–H groups in total. The van der Waals surface area contributed by atoms with Crippen molar-refractivity contribution in [3.8, 4) is 6.07 Å². The normalized spacial score (nSPS) is 18.9. The molecule has 1 fully saturated rings. The third-order valence-electron chi connectivity index (χ3n) is 4.42. The van der Waals surface area contributed by atoms with Crippen LogP contribution in [0.5, 0.6) is 0 Å². The molecule has 0 radical (unpaired) electrons. The smallest absolute Gasteiger partial charge is 0.0649 e. The second kappa shape index (κ2) is 6.77. The van der Waals surface area contributed by atoms with Crippen LogP contribution >= 0.6 is 11.6 Å². The minimum absolute atomic E-state index is 0.190. The van der Waals surface area contributed by atoms with E-state index in [2.05, 4.69) is 11.4 Å². The van der Waals surface area contributed by atoms with Crippen molar-refractivity contribution in [2.75, 3.05) is 13.1 Å². The van der Waals surface area contributed by atoms with Crippen molar-refractivity contribution in [2.24, 2.45) is 5.92 Å². The molecule has 1 aromatic rings. The maximum absolute atomic E-state index is 7.89. The molecule has 0 atom stereocenters. The van der Waals surface area contributed by atoms with Gasteiger partial charge in [-0.05, 0) is 71.2 Å². The van der Waals surface area contributed by atoms with Crippen molar-refractivity contribution in [3.05, 3.63) is 28.0 Å². The maximum atomic E-state index is 7.89. The second-order valence-electron chi connectivity index (χ2n) is 6.38. The molecule has 1 aliphatic carbocycles. The maximum Gasteiger partial charge on any atom is 0.0649 e. The van der Waals surface area contributed by atoms with E-state index in [1.165, 1.54) is 30.5 Å². The van der Waals surface area contributed by atoms with Crippen LogP contribution in [0.3, 0.4) is 0 Å². The van der Waals surface area contributed by atoms with Gasteiger partial charge >= 0.3 is 0 Å². The zero-order valence-electron chi connectivity index (χ0n) is 13.2. The summed E-state index contributed by atoms with van der Waals surface area (Å²) in [4.78, 5) is 4.77. The molecule has 3 nitrogen and oxygen atoms in total. The summed E-state index contributed by atoms with van der Waals surface area (Å²) in [6, 6.07) is 4.16. The fourth-order valence-corrected chi connectivity index (χ4v) is 3.33. The molecule has 0 bridgehead atoms. The standard InChI is InChI=1S/C13H17ClN2.C4H7N/c1-9-11(14)8-10-2-3-13(12(10)16-9)4-6-15-7-5-13;1-4(2)3-5/h8,15H,2-7H2,1H3;4H,1-2H3. The Kier molecular flexibility index (Phi) is 5.24. The monoisotopic (exact) mass is 305 g/mol. The van der Waals surface area contributed by atoms with Gasteiger partial charge < -0.3 is 5.32 Å². The number of hydrogen-bond donors (Lipinski definition) is 1. The minimum atomic E-state index is 0.190. The van der Waals surface area contributed by atoms with Crippen molar-refractivity contribution in [2.45, 2.75) is 51.9 Å². The van der Waals surface area contributed by atoms with Crippen molar-refractivity contribution >= 4 is 11.6 Å². The first-order valence-corrected chi connectivity index (χ1v) is 8.13. The molecule has 0 aromatic carbocycles. The van der Waals surface area contributed by atoms with Gasteiger partial charge in [0.1, 0.15) is 0 Å². The van der Waals surface area contributed by atoms with Crippen molar-refractivity contribution in [3.63, 3.8) is 0 Å². The number of pyridine rings is 1. The molecule has 2 aliphatic rings. The van der Waals surface area contributed by atoms with E-state index in [9.17, 15) is 0 Å².